The standard InChI is InChI=1S/C15H21BrN2O2.ClH/c1-11-4-5-14(13(16)9-11)20-8-6-15(19)18-12-3-2-7-17-10-12;/h4-5,9,12,17H,2-3,6-8,10H2,1H3,(H,18,19);1H/t12-;/m0./s1. The van der Waals surface area contributed by atoms with E-state index >= 15 is 0 Å². The van der Waals surface area contributed by atoms with E-state index in [0.29, 0.717) is 13.0 Å². The number of carbonyl (C=O) groups is 1. The highest BCUT2D eigenvalue weighted by Crippen LogP contribution is 2.25. The summed E-state index contributed by atoms with van der Waals surface area (Å²) in [5, 5.41) is 6.32. The number of carbonyl (C=O) groups excluding carboxylic acids is 1. The smallest absolute Gasteiger partial charge is 0.223 e. The van der Waals surface area contributed by atoms with Gasteiger partial charge in [-0.1, -0.05) is 6.07 Å². The molecule has 0 saturated carbocycles. The zero-order chi connectivity index (χ0) is 14.4. The van der Waals surface area contributed by atoms with E-state index in [0.717, 1.165) is 36.2 Å². The van der Waals surface area contributed by atoms with Gasteiger partial charge in [-0.3, -0.25) is 4.79 Å². The van der Waals surface area contributed by atoms with Crippen LogP contribution in [0.4, 0.5) is 0 Å². The Morgan fingerprint density at radius 1 is 1.52 bits per heavy atom. The maximum absolute atomic E-state index is 11.8. The predicted octanol–water partition coefficient (Wildman–Crippen LogP) is 2.82. The van der Waals surface area contributed by atoms with Gasteiger partial charge in [0.15, 0.2) is 0 Å². The van der Waals surface area contributed by atoms with Crippen molar-refractivity contribution < 1.29 is 9.53 Å². The fourth-order valence-electron chi connectivity index (χ4n) is 2.25. The number of ether oxygens (including phenoxy) is 1. The molecule has 0 spiro atoms. The average Bonchev–Trinajstić information content (AvgIpc) is 2.42. The molecule has 6 heteroatoms. The topological polar surface area (TPSA) is 50.4 Å². The second-order valence-corrected chi connectivity index (χ2v) is 6.00. The molecule has 1 atom stereocenters. The minimum atomic E-state index is 0. The van der Waals surface area contributed by atoms with E-state index < -0.39 is 0 Å². The Hall–Kier alpha value is -0.780. The summed E-state index contributed by atoms with van der Waals surface area (Å²) in [7, 11) is 0. The van der Waals surface area contributed by atoms with Gasteiger partial charge in [-0.25, -0.2) is 0 Å². The van der Waals surface area contributed by atoms with Crippen molar-refractivity contribution >= 4 is 34.2 Å². The first-order valence-corrected chi connectivity index (χ1v) is 7.83. The van der Waals surface area contributed by atoms with Gasteiger partial charge < -0.3 is 15.4 Å². The van der Waals surface area contributed by atoms with Gasteiger partial charge in [0.25, 0.3) is 0 Å². The molecule has 0 bridgehead atoms. The summed E-state index contributed by atoms with van der Waals surface area (Å²) in [4.78, 5) is 11.8. The van der Waals surface area contributed by atoms with Gasteiger partial charge in [0.2, 0.25) is 5.91 Å². The van der Waals surface area contributed by atoms with Crippen molar-refractivity contribution in [2.75, 3.05) is 19.7 Å². The van der Waals surface area contributed by atoms with E-state index in [2.05, 4.69) is 26.6 Å². The van der Waals surface area contributed by atoms with Crippen molar-refractivity contribution in [3.05, 3.63) is 28.2 Å². The first-order valence-electron chi connectivity index (χ1n) is 7.04. The molecular weight excluding hydrogens is 356 g/mol. The van der Waals surface area contributed by atoms with Crippen molar-refractivity contribution in [3.63, 3.8) is 0 Å². The lowest BCUT2D eigenvalue weighted by molar-refractivity contribution is -0.122. The summed E-state index contributed by atoms with van der Waals surface area (Å²) in [6.07, 6.45) is 2.57. The SMILES string of the molecule is Cc1ccc(OCCC(=O)N[C@H]2CCCNC2)c(Br)c1.Cl. The van der Waals surface area contributed by atoms with Gasteiger partial charge in [0.05, 0.1) is 17.5 Å². The van der Waals surface area contributed by atoms with Crippen LogP contribution in [0, 0.1) is 6.92 Å². The van der Waals surface area contributed by atoms with Crippen molar-refractivity contribution in [2.24, 2.45) is 0 Å². The first kappa shape index (κ1) is 18.3. The molecule has 1 amide bonds. The number of nitrogens with one attached hydrogen (secondary N) is 2. The summed E-state index contributed by atoms with van der Waals surface area (Å²) < 4.78 is 6.55. The van der Waals surface area contributed by atoms with E-state index in [1.54, 1.807) is 0 Å². The third-order valence-corrected chi connectivity index (χ3v) is 3.96. The molecule has 4 nitrogen and oxygen atoms in total. The molecule has 1 aliphatic heterocycles. The maximum Gasteiger partial charge on any atom is 0.223 e. The summed E-state index contributed by atoms with van der Waals surface area (Å²) in [5.74, 6) is 0.838. The quantitative estimate of drug-likeness (QED) is 0.829. The lowest BCUT2D eigenvalue weighted by atomic mass is 10.1. The fraction of sp³-hybridized carbons (Fsp3) is 0.533. The molecule has 21 heavy (non-hydrogen) atoms. The maximum atomic E-state index is 11.8. The van der Waals surface area contributed by atoms with Crippen molar-refractivity contribution in [1.29, 1.82) is 0 Å². The number of piperidine rings is 1. The Labute approximate surface area is 140 Å². The minimum Gasteiger partial charge on any atom is -0.492 e. The van der Waals surface area contributed by atoms with Crippen molar-refractivity contribution in [1.82, 2.24) is 10.6 Å². The second kappa shape index (κ2) is 9.28. The van der Waals surface area contributed by atoms with Crippen LogP contribution in [0.2, 0.25) is 0 Å². The molecule has 1 saturated heterocycles. The molecule has 0 unspecified atom stereocenters. The molecule has 118 valence electrons. The van der Waals surface area contributed by atoms with Gasteiger partial charge in [-0.15, -0.1) is 12.4 Å². The largest absolute Gasteiger partial charge is 0.492 e. The van der Waals surface area contributed by atoms with Crippen LogP contribution in [-0.4, -0.2) is 31.6 Å². The average molecular weight is 378 g/mol. The van der Waals surface area contributed by atoms with Crippen LogP contribution < -0.4 is 15.4 Å². The number of rotatable bonds is 5. The monoisotopic (exact) mass is 376 g/mol. The fourth-order valence-corrected chi connectivity index (χ4v) is 2.86. The van der Waals surface area contributed by atoms with E-state index in [1.807, 2.05) is 25.1 Å². The highest BCUT2D eigenvalue weighted by molar-refractivity contribution is 9.10. The van der Waals surface area contributed by atoms with Crippen LogP contribution in [-0.2, 0) is 4.79 Å². The third-order valence-electron chi connectivity index (χ3n) is 3.34. The lowest BCUT2D eigenvalue weighted by Gasteiger charge is -2.23. The first-order chi connectivity index (χ1) is 9.65. The molecule has 1 aromatic rings. The zero-order valence-electron chi connectivity index (χ0n) is 12.2. The molecular formula is C15H22BrClN2O2. The minimum absolute atomic E-state index is 0. The summed E-state index contributed by atoms with van der Waals surface area (Å²) in [6.45, 7) is 4.35. The zero-order valence-corrected chi connectivity index (χ0v) is 14.6. The molecule has 1 heterocycles. The van der Waals surface area contributed by atoms with Crippen LogP contribution in [0.1, 0.15) is 24.8 Å². The number of aryl methyl sites for hydroxylation is 1. The lowest BCUT2D eigenvalue weighted by Crippen LogP contribution is -2.45. The predicted molar refractivity (Wildman–Crippen MR) is 90.3 cm³/mol. The van der Waals surface area contributed by atoms with E-state index in [9.17, 15) is 4.79 Å². The highest BCUT2D eigenvalue weighted by atomic mass is 79.9. The Kier molecular flexibility index (Phi) is 8.07. The number of amides is 1. The van der Waals surface area contributed by atoms with Gasteiger partial charge in [0, 0.05) is 12.6 Å². The van der Waals surface area contributed by atoms with Crippen LogP contribution >= 0.6 is 28.3 Å². The van der Waals surface area contributed by atoms with Gasteiger partial charge in [0.1, 0.15) is 5.75 Å². The van der Waals surface area contributed by atoms with Gasteiger partial charge >= 0.3 is 0 Å². The summed E-state index contributed by atoms with van der Waals surface area (Å²) in [5.41, 5.74) is 1.17. The second-order valence-electron chi connectivity index (χ2n) is 5.14. The molecule has 2 rings (SSSR count). The van der Waals surface area contributed by atoms with Crippen LogP contribution in [0.25, 0.3) is 0 Å². The van der Waals surface area contributed by atoms with Crippen LogP contribution in [0.3, 0.4) is 0 Å². The third kappa shape index (κ3) is 6.24. The Balaban J connectivity index is 0.00000220. The Bertz CT molecular complexity index is 465. The number of hydrogen-bond acceptors (Lipinski definition) is 3. The molecule has 0 aliphatic carbocycles. The van der Waals surface area contributed by atoms with E-state index in [4.69, 9.17) is 4.74 Å². The Morgan fingerprint density at radius 2 is 2.33 bits per heavy atom. The van der Waals surface area contributed by atoms with Crippen molar-refractivity contribution in [3.8, 4) is 5.75 Å². The number of hydrogen-bond donors (Lipinski definition) is 2. The summed E-state index contributed by atoms with van der Waals surface area (Å²) >= 11 is 3.46. The normalized spacial score (nSPS) is 17.7. The number of benzene rings is 1. The highest BCUT2D eigenvalue weighted by Gasteiger charge is 2.15. The Morgan fingerprint density at radius 3 is 3.00 bits per heavy atom. The van der Waals surface area contributed by atoms with Crippen LogP contribution in [0.5, 0.6) is 5.75 Å². The molecule has 2 N–H and O–H groups in total. The van der Waals surface area contributed by atoms with E-state index in [-0.39, 0.29) is 24.4 Å². The van der Waals surface area contributed by atoms with Gasteiger partial charge in [-0.2, -0.15) is 0 Å². The van der Waals surface area contributed by atoms with Gasteiger partial charge in [-0.05, 0) is 59.9 Å². The van der Waals surface area contributed by atoms with Crippen LogP contribution in [0.15, 0.2) is 22.7 Å². The molecule has 1 aromatic carbocycles. The molecule has 0 aromatic heterocycles. The number of halogens is 2. The van der Waals surface area contributed by atoms with E-state index in [1.165, 1.54) is 5.56 Å². The molecule has 0 radical (unpaired) electrons. The molecule has 1 aliphatic rings. The van der Waals surface area contributed by atoms with Crippen molar-refractivity contribution in [2.45, 2.75) is 32.2 Å². The molecule has 1 fully saturated rings. The summed E-state index contributed by atoms with van der Waals surface area (Å²) in [6, 6.07) is 6.18.